The quantitative estimate of drug-likeness (QED) is 0.306. The molecule has 35 heavy (non-hydrogen) atoms. The molecule has 5 rings (SSSR count). The summed E-state index contributed by atoms with van der Waals surface area (Å²) < 4.78 is 18.7. The topological polar surface area (TPSA) is 84.2 Å². The highest BCUT2D eigenvalue weighted by Crippen LogP contribution is 2.37. The molecule has 0 unspecified atom stereocenters. The number of ether oxygens (including phenoxy) is 3. The molecule has 1 aliphatic rings. The second-order valence-corrected chi connectivity index (χ2v) is 8.47. The molecule has 0 N–H and O–H groups in total. The molecule has 1 aliphatic carbocycles. The Kier molecular flexibility index (Phi) is 7.80. The molecule has 1 aromatic carbocycles. The number of imidazole rings is 1. The van der Waals surface area contributed by atoms with E-state index in [0.717, 1.165) is 11.6 Å². The second-order valence-electron chi connectivity index (χ2n) is 8.47. The van der Waals surface area contributed by atoms with Crippen LogP contribution in [0.2, 0.25) is 0 Å². The van der Waals surface area contributed by atoms with Gasteiger partial charge in [-0.2, -0.15) is 0 Å². The van der Waals surface area contributed by atoms with E-state index in [1.54, 1.807) is 20.4 Å². The number of hydrogen-bond donors (Lipinski definition) is 0. The van der Waals surface area contributed by atoms with E-state index < -0.39 is 0 Å². The van der Waals surface area contributed by atoms with Crippen LogP contribution in [0.3, 0.4) is 0 Å². The Morgan fingerprint density at radius 1 is 0.971 bits per heavy atom. The Bertz CT molecular complexity index is 1270. The number of aromatic nitrogens is 5. The van der Waals surface area contributed by atoms with E-state index in [-0.39, 0.29) is 1.43 Å². The van der Waals surface area contributed by atoms with Gasteiger partial charge < -0.3 is 14.2 Å². The highest BCUT2D eigenvalue weighted by molar-refractivity contribution is 5.79. The summed E-state index contributed by atoms with van der Waals surface area (Å²) in [4.78, 5) is 18.4. The molecule has 0 saturated heterocycles. The number of methoxy groups -OCH3 is 2. The number of pyridine rings is 1. The van der Waals surface area contributed by atoms with Crippen molar-refractivity contribution in [3.05, 3.63) is 48.3 Å². The molecular weight excluding hydrogens is 442 g/mol. The number of aryl methyl sites for hydroxylation is 1. The number of fused-ring (bicyclic) bond motifs is 1. The van der Waals surface area contributed by atoms with Crippen molar-refractivity contribution in [3.8, 4) is 34.6 Å². The van der Waals surface area contributed by atoms with Gasteiger partial charge in [0.25, 0.3) is 0 Å². The van der Waals surface area contributed by atoms with Crippen molar-refractivity contribution < 1.29 is 15.6 Å². The lowest BCUT2D eigenvalue weighted by molar-refractivity contribution is 0.327. The van der Waals surface area contributed by atoms with Gasteiger partial charge in [0.1, 0.15) is 22.9 Å². The predicted molar refractivity (Wildman–Crippen MR) is 139 cm³/mol. The minimum absolute atomic E-state index is 0. The first-order valence-electron chi connectivity index (χ1n) is 12.1. The molecule has 3 aromatic heterocycles. The van der Waals surface area contributed by atoms with E-state index in [1.165, 1.54) is 25.7 Å². The van der Waals surface area contributed by atoms with Crippen LogP contribution in [-0.2, 0) is 0 Å². The minimum atomic E-state index is 0. The zero-order valence-electron chi connectivity index (χ0n) is 21.1. The first kappa shape index (κ1) is 24.4. The van der Waals surface area contributed by atoms with E-state index >= 15 is 0 Å². The Morgan fingerprint density at radius 3 is 2.29 bits per heavy atom. The van der Waals surface area contributed by atoms with E-state index in [2.05, 4.69) is 21.9 Å². The van der Waals surface area contributed by atoms with E-state index in [1.807, 2.05) is 54.8 Å². The van der Waals surface area contributed by atoms with Gasteiger partial charge in [0, 0.05) is 7.49 Å². The van der Waals surface area contributed by atoms with Crippen LogP contribution < -0.4 is 14.2 Å². The first-order valence-corrected chi connectivity index (χ1v) is 12.1. The average molecular weight is 478 g/mol. The molecular formula is C27H35N5O3. The highest BCUT2D eigenvalue weighted by Gasteiger charge is 2.23. The van der Waals surface area contributed by atoms with Crippen molar-refractivity contribution in [3.63, 3.8) is 0 Å². The first-order chi connectivity index (χ1) is 17.1. The zero-order valence-corrected chi connectivity index (χ0v) is 21.1. The number of hydrogen-bond acceptors (Lipinski definition) is 7. The third kappa shape index (κ3) is 5.53. The average Bonchev–Trinajstić information content (AvgIpc) is 3.62. The van der Waals surface area contributed by atoms with Crippen molar-refractivity contribution >= 4 is 11.3 Å². The van der Waals surface area contributed by atoms with Crippen LogP contribution in [0.25, 0.3) is 28.5 Å². The van der Waals surface area contributed by atoms with Crippen LogP contribution in [0.5, 0.6) is 17.4 Å². The molecule has 4 aromatic rings. The molecule has 3 heterocycles. The second kappa shape index (κ2) is 11.2. The van der Waals surface area contributed by atoms with Gasteiger partial charge in [0.05, 0.1) is 32.7 Å². The summed E-state index contributed by atoms with van der Waals surface area (Å²) in [5.41, 5.74) is 3.17. The fraction of sp³-hybridized carbons (Fsp3) is 0.407. The van der Waals surface area contributed by atoms with E-state index in [4.69, 9.17) is 19.2 Å². The van der Waals surface area contributed by atoms with E-state index in [0.29, 0.717) is 52.5 Å². The smallest absolute Gasteiger partial charge is 0.213 e. The van der Waals surface area contributed by atoms with Crippen molar-refractivity contribution in [2.45, 2.75) is 46.5 Å². The largest absolute Gasteiger partial charge is 0.494 e. The van der Waals surface area contributed by atoms with E-state index in [9.17, 15) is 0 Å². The maximum Gasteiger partial charge on any atom is 0.213 e. The van der Waals surface area contributed by atoms with Crippen LogP contribution in [-0.4, -0.2) is 45.3 Å². The Morgan fingerprint density at radius 2 is 1.69 bits per heavy atom. The molecule has 186 valence electrons. The normalized spacial score (nSPS) is 12.7. The standard InChI is InChI=1S/C21H21N5O3.C6H12.H2/c1-5-29-17-11-6-8-14(24-17)20-25-19-21(23-13(2)12-22-19)26(20)18-15(27-3)9-7-10-16(18)28-4;1-2-3-6-4-5-6;/h6-12H,5H2,1-4H3;6H,2-5H2,1H3;1H. The van der Waals surface area contributed by atoms with Crippen LogP contribution in [0.1, 0.15) is 46.7 Å². The highest BCUT2D eigenvalue weighted by atomic mass is 16.5. The van der Waals surface area contributed by atoms with Crippen molar-refractivity contribution in [1.82, 2.24) is 24.5 Å². The fourth-order valence-electron chi connectivity index (χ4n) is 3.96. The van der Waals surface area contributed by atoms with Crippen molar-refractivity contribution in [1.29, 1.82) is 0 Å². The van der Waals surface area contributed by atoms with Gasteiger partial charge in [-0.05, 0) is 38.0 Å². The number of para-hydroxylation sites is 1. The van der Waals surface area contributed by atoms with Crippen molar-refractivity contribution in [2.24, 2.45) is 5.92 Å². The monoisotopic (exact) mass is 477 g/mol. The van der Waals surface area contributed by atoms with Crippen molar-refractivity contribution in [2.75, 3.05) is 20.8 Å². The van der Waals surface area contributed by atoms with Gasteiger partial charge in [0.15, 0.2) is 17.1 Å². The predicted octanol–water partition coefficient (Wildman–Crippen LogP) is 6.04. The third-order valence-corrected chi connectivity index (χ3v) is 5.76. The van der Waals surface area contributed by atoms with Gasteiger partial charge in [-0.1, -0.05) is 44.7 Å². The molecule has 0 bridgehead atoms. The van der Waals surface area contributed by atoms with Crippen LogP contribution in [0, 0.1) is 12.8 Å². The summed E-state index contributed by atoms with van der Waals surface area (Å²) in [7, 11) is 3.23. The summed E-state index contributed by atoms with van der Waals surface area (Å²) in [5, 5.41) is 0. The molecule has 0 amide bonds. The van der Waals surface area contributed by atoms with Crippen LogP contribution in [0.4, 0.5) is 0 Å². The number of nitrogens with zero attached hydrogens (tertiary/aromatic N) is 5. The summed E-state index contributed by atoms with van der Waals surface area (Å²) in [6.45, 7) is 6.59. The number of rotatable bonds is 8. The summed E-state index contributed by atoms with van der Waals surface area (Å²) in [5.74, 6) is 3.47. The molecule has 8 heteroatoms. The van der Waals surface area contributed by atoms with Gasteiger partial charge in [-0.3, -0.25) is 4.57 Å². The minimum Gasteiger partial charge on any atom is -0.494 e. The van der Waals surface area contributed by atoms with Crippen LogP contribution in [0.15, 0.2) is 42.6 Å². The molecule has 1 fully saturated rings. The summed E-state index contributed by atoms with van der Waals surface area (Å²) in [6.07, 6.45) is 7.61. The van der Waals surface area contributed by atoms with Gasteiger partial charge in [-0.25, -0.2) is 19.9 Å². The van der Waals surface area contributed by atoms with Gasteiger partial charge >= 0.3 is 0 Å². The lowest BCUT2D eigenvalue weighted by Crippen LogP contribution is -2.05. The lowest BCUT2D eigenvalue weighted by atomic mass is 10.2. The fourth-order valence-corrected chi connectivity index (χ4v) is 3.96. The molecule has 0 aliphatic heterocycles. The molecule has 0 spiro atoms. The molecule has 0 atom stereocenters. The third-order valence-electron chi connectivity index (χ3n) is 5.76. The summed E-state index contributed by atoms with van der Waals surface area (Å²) >= 11 is 0. The number of benzene rings is 1. The molecule has 8 nitrogen and oxygen atoms in total. The maximum atomic E-state index is 5.62. The lowest BCUT2D eigenvalue weighted by Gasteiger charge is -2.16. The molecule has 1 saturated carbocycles. The van der Waals surface area contributed by atoms with Crippen LogP contribution >= 0.6 is 0 Å². The Labute approximate surface area is 207 Å². The van der Waals surface area contributed by atoms with Gasteiger partial charge in [-0.15, -0.1) is 0 Å². The SMILES string of the molecule is CCCC1CC1.CCOc1cccc(-c2nc3ncc(C)nc3n2-c2c(OC)cccc2OC)n1.[HH]. The summed E-state index contributed by atoms with van der Waals surface area (Å²) in [6, 6.07) is 11.1. The zero-order chi connectivity index (χ0) is 24.8. The Balaban J connectivity index is 0.000000453. The van der Waals surface area contributed by atoms with Gasteiger partial charge in [0.2, 0.25) is 5.88 Å². The maximum absolute atomic E-state index is 5.62. The molecule has 0 radical (unpaired) electrons. The Hall–Kier alpha value is -3.68.